The van der Waals surface area contributed by atoms with Crippen molar-refractivity contribution in [3.8, 4) is 17.1 Å². The van der Waals surface area contributed by atoms with Gasteiger partial charge in [-0.25, -0.2) is 9.97 Å². The first-order valence-electron chi connectivity index (χ1n) is 6.74. The van der Waals surface area contributed by atoms with Crippen molar-refractivity contribution in [2.24, 2.45) is 0 Å². The van der Waals surface area contributed by atoms with E-state index in [1.807, 2.05) is 12.1 Å². The van der Waals surface area contributed by atoms with Crippen molar-refractivity contribution in [3.63, 3.8) is 0 Å². The molecule has 1 unspecified atom stereocenters. The molecule has 6 heteroatoms. The highest BCUT2D eigenvalue weighted by Crippen LogP contribution is 2.28. The second-order valence-electron chi connectivity index (χ2n) is 4.80. The summed E-state index contributed by atoms with van der Waals surface area (Å²) in [5.41, 5.74) is 2.81. The third kappa shape index (κ3) is 3.32. The lowest BCUT2D eigenvalue weighted by Crippen LogP contribution is -2.34. The molecule has 2 aromatic rings. The number of hydrogen-bond donors (Lipinski definition) is 1. The van der Waals surface area contributed by atoms with E-state index >= 15 is 0 Å². The summed E-state index contributed by atoms with van der Waals surface area (Å²) in [7, 11) is 1.58. The van der Waals surface area contributed by atoms with Gasteiger partial charge in [0.1, 0.15) is 6.33 Å². The van der Waals surface area contributed by atoms with Crippen LogP contribution in [0.2, 0.25) is 5.02 Å². The summed E-state index contributed by atoms with van der Waals surface area (Å²) in [6.07, 6.45) is 1.48. The van der Waals surface area contributed by atoms with Crippen molar-refractivity contribution in [1.29, 1.82) is 0 Å². The molecule has 1 aliphatic heterocycles. The second-order valence-corrected chi connectivity index (χ2v) is 5.24. The molecule has 1 aromatic carbocycles. The maximum Gasteiger partial charge on any atom is 0.216 e. The Morgan fingerprint density at radius 1 is 1.29 bits per heavy atom. The summed E-state index contributed by atoms with van der Waals surface area (Å²) in [5, 5.41) is 4.10. The van der Waals surface area contributed by atoms with Gasteiger partial charge in [0, 0.05) is 23.2 Å². The largest absolute Gasteiger partial charge is 0.481 e. The fraction of sp³-hybridized carbons (Fsp3) is 0.333. The molecular formula is C15H16ClN3O2. The summed E-state index contributed by atoms with van der Waals surface area (Å²) in [6, 6.07) is 7.85. The van der Waals surface area contributed by atoms with E-state index in [0.717, 1.165) is 30.0 Å². The minimum atomic E-state index is 0.153. The zero-order chi connectivity index (χ0) is 14.7. The molecule has 0 saturated carbocycles. The SMILES string of the molecule is COc1cc(-c2cc(Cl)cc(C3COCCN3)c2)ncn1. The Hall–Kier alpha value is -1.69. The van der Waals surface area contributed by atoms with Gasteiger partial charge in [-0.05, 0) is 23.8 Å². The van der Waals surface area contributed by atoms with E-state index in [1.165, 1.54) is 6.33 Å². The van der Waals surface area contributed by atoms with Crippen LogP contribution >= 0.6 is 11.6 Å². The van der Waals surface area contributed by atoms with Crippen molar-refractivity contribution in [3.05, 3.63) is 41.2 Å². The Kier molecular flexibility index (Phi) is 4.34. The maximum atomic E-state index is 6.25. The average Bonchev–Trinajstić information content (AvgIpc) is 2.55. The number of benzene rings is 1. The first-order chi connectivity index (χ1) is 10.3. The van der Waals surface area contributed by atoms with Gasteiger partial charge in [-0.3, -0.25) is 0 Å². The standard InChI is InChI=1S/C15H16ClN3O2/c1-20-15-7-13(18-9-19-15)10-4-11(6-12(16)5-10)14-8-21-3-2-17-14/h4-7,9,14,17H,2-3,8H2,1H3. The van der Waals surface area contributed by atoms with Crippen molar-refractivity contribution in [2.75, 3.05) is 26.9 Å². The summed E-state index contributed by atoms with van der Waals surface area (Å²) >= 11 is 6.25. The predicted octanol–water partition coefficient (Wildman–Crippen LogP) is 2.47. The molecule has 21 heavy (non-hydrogen) atoms. The topological polar surface area (TPSA) is 56.3 Å². The Balaban J connectivity index is 1.96. The van der Waals surface area contributed by atoms with Gasteiger partial charge in [-0.2, -0.15) is 0 Å². The lowest BCUT2D eigenvalue weighted by molar-refractivity contribution is 0.0769. The molecule has 1 atom stereocenters. The molecule has 0 aliphatic carbocycles. The van der Waals surface area contributed by atoms with Crippen LogP contribution in [0.15, 0.2) is 30.6 Å². The number of methoxy groups -OCH3 is 1. The summed E-state index contributed by atoms with van der Waals surface area (Å²) < 4.78 is 10.6. The molecule has 0 spiro atoms. The molecule has 1 fully saturated rings. The number of rotatable bonds is 3. The quantitative estimate of drug-likeness (QED) is 0.944. The number of nitrogens with one attached hydrogen (secondary N) is 1. The Bertz CT molecular complexity index is 630. The fourth-order valence-corrected chi connectivity index (χ4v) is 2.59. The van der Waals surface area contributed by atoms with Crippen molar-refractivity contribution in [1.82, 2.24) is 15.3 Å². The molecule has 3 rings (SSSR count). The van der Waals surface area contributed by atoms with Gasteiger partial charge >= 0.3 is 0 Å². The second kappa shape index (κ2) is 6.39. The van der Waals surface area contributed by atoms with Gasteiger partial charge in [-0.1, -0.05) is 11.6 Å². The monoisotopic (exact) mass is 305 g/mol. The van der Waals surface area contributed by atoms with Gasteiger partial charge in [0.25, 0.3) is 0 Å². The lowest BCUT2D eigenvalue weighted by Gasteiger charge is -2.24. The Morgan fingerprint density at radius 3 is 2.95 bits per heavy atom. The zero-order valence-corrected chi connectivity index (χ0v) is 12.4. The number of morpholine rings is 1. The molecule has 5 nitrogen and oxygen atoms in total. The number of halogens is 1. The zero-order valence-electron chi connectivity index (χ0n) is 11.7. The normalized spacial score (nSPS) is 18.5. The van der Waals surface area contributed by atoms with Gasteiger partial charge in [0.05, 0.1) is 32.1 Å². The molecule has 1 N–H and O–H groups in total. The van der Waals surface area contributed by atoms with E-state index in [-0.39, 0.29) is 6.04 Å². The fourth-order valence-electron chi connectivity index (χ4n) is 2.35. The number of aromatic nitrogens is 2. The highest BCUT2D eigenvalue weighted by atomic mass is 35.5. The predicted molar refractivity (Wildman–Crippen MR) is 80.6 cm³/mol. The van der Waals surface area contributed by atoms with Crippen LogP contribution in [0.25, 0.3) is 11.3 Å². The lowest BCUT2D eigenvalue weighted by atomic mass is 10.0. The molecule has 110 valence electrons. The molecule has 0 amide bonds. The number of nitrogens with zero attached hydrogens (tertiary/aromatic N) is 2. The Morgan fingerprint density at radius 2 is 2.19 bits per heavy atom. The van der Waals surface area contributed by atoms with Crippen LogP contribution in [0.5, 0.6) is 5.88 Å². The van der Waals surface area contributed by atoms with Crippen molar-refractivity contribution in [2.45, 2.75) is 6.04 Å². The van der Waals surface area contributed by atoms with Crippen LogP contribution in [0.4, 0.5) is 0 Å². The van der Waals surface area contributed by atoms with E-state index in [1.54, 1.807) is 13.2 Å². The molecule has 1 aliphatic rings. The molecule has 0 radical (unpaired) electrons. The average molecular weight is 306 g/mol. The van der Waals surface area contributed by atoms with E-state index < -0.39 is 0 Å². The van der Waals surface area contributed by atoms with Crippen LogP contribution in [0, 0.1) is 0 Å². The van der Waals surface area contributed by atoms with E-state index in [4.69, 9.17) is 21.1 Å². The first kappa shape index (κ1) is 14.3. The van der Waals surface area contributed by atoms with E-state index in [0.29, 0.717) is 17.5 Å². The summed E-state index contributed by atoms with van der Waals surface area (Å²) in [4.78, 5) is 8.30. The summed E-state index contributed by atoms with van der Waals surface area (Å²) in [5.74, 6) is 0.528. The first-order valence-corrected chi connectivity index (χ1v) is 7.12. The van der Waals surface area contributed by atoms with Crippen LogP contribution in [0.3, 0.4) is 0 Å². The van der Waals surface area contributed by atoms with E-state index in [2.05, 4.69) is 21.4 Å². The maximum absolute atomic E-state index is 6.25. The smallest absolute Gasteiger partial charge is 0.216 e. The molecule has 2 heterocycles. The van der Waals surface area contributed by atoms with Crippen LogP contribution < -0.4 is 10.1 Å². The van der Waals surface area contributed by atoms with Gasteiger partial charge in [-0.15, -0.1) is 0 Å². The third-order valence-electron chi connectivity index (χ3n) is 3.39. The van der Waals surface area contributed by atoms with E-state index in [9.17, 15) is 0 Å². The third-order valence-corrected chi connectivity index (χ3v) is 3.61. The minimum Gasteiger partial charge on any atom is -0.481 e. The van der Waals surface area contributed by atoms with Crippen LogP contribution in [-0.2, 0) is 4.74 Å². The van der Waals surface area contributed by atoms with Crippen molar-refractivity contribution >= 4 is 11.6 Å². The highest BCUT2D eigenvalue weighted by Gasteiger charge is 2.17. The van der Waals surface area contributed by atoms with Gasteiger partial charge in [0.2, 0.25) is 5.88 Å². The van der Waals surface area contributed by atoms with Crippen LogP contribution in [0.1, 0.15) is 11.6 Å². The van der Waals surface area contributed by atoms with Crippen molar-refractivity contribution < 1.29 is 9.47 Å². The molecular weight excluding hydrogens is 290 g/mol. The number of ether oxygens (including phenoxy) is 2. The molecule has 1 saturated heterocycles. The van der Waals surface area contributed by atoms with Gasteiger partial charge in [0.15, 0.2) is 0 Å². The highest BCUT2D eigenvalue weighted by molar-refractivity contribution is 6.31. The number of hydrogen-bond acceptors (Lipinski definition) is 5. The van der Waals surface area contributed by atoms with Gasteiger partial charge < -0.3 is 14.8 Å². The minimum absolute atomic E-state index is 0.153. The van der Waals surface area contributed by atoms with Crippen LogP contribution in [-0.4, -0.2) is 36.8 Å². The Labute approximate surface area is 128 Å². The molecule has 1 aromatic heterocycles. The summed E-state index contributed by atoms with van der Waals surface area (Å²) in [6.45, 7) is 2.23. The molecule has 0 bridgehead atoms.